The molecule has 0 spiro atoms. The normalized spacial score (nSPS) is 13.5. The average molecular weight is 275 g/mol. The lowest BCUT2D eigenvalue weighted by Crippen LogP contribution is -2.04. The zero-order chi connectivity index (χ0) is 13.2. The van der Waals surface area contributed by atoms with Gasteiger partial charge in [-0.2, -0.15) is 0 Å². The third-order valence-electron chi connectivity index (χ3n) is 3.20. The van der Waals surface area contributed by atoms with E-state index in [0.29, 0.717) is 22.3 Å². The SMILES string of the molecule is Nc1nc(CSc2ccccc2F)nc2c1CCC2. The van der Waals surface area contributed by atoms with Gasteiger partial charge in [0.05, 0.1) is 5.75 Å². The number of hydrogen-bond donors (Lipinski definition) is 1. The van der Waals surface area contributed by atoms with Gasteiger partial charge in [0.1, 0.15) is 17.5 Å². The van der Waals surface area contributed by atoms with Crippen LogP contribution in [0, 0.1) is 5.82 Å². The lowest BCUT2D eigenvalue weighted by molar-refractivity contribution is 0.602. The van der Waals surface area contributed by atoms with E-state index < -0.39 is 0 Å². The van der Waals surface area contributed by atoms with Crippen molar-refractivity contribution < 1.29 is 4.39 Å². The number of anilines is 1. The highest BCUT2D eigenvalue weighted by molar-refractivity contribution is 7.98. The van der Waals surface area contributed by atoms with Crippen molar-refractivity contribution in [1.82, 2.24) is 9.97 Å². The van der Waals surface area contributed by atoms with Gasteiger partial charge in [-0.05, 0) is 31.4 Å². The summed E-state index contributed by atoms with van der Waals surface area (Å²) in [4.78, 5) is 9.45. The zero-order valence-electron chi connectivity index (χ0n) is 10.4. The van der Waals surface area contributed by atoms with Crippen LogP contribution in [0.25, 0.3) is 0 Å². The molecule has 1 aromatic carbocycles. The average Bonchev–Trinajstić information content (AvgIpc) is 2.87. The minimum atomic E-state index is -0.207. The quantitative estimate of drug-likeness (QED) is 0.875. The second-order valence-electron chi connectivity index (χ2n) is 4.52. The second-order valence-corrected chi connectivity index (χ2v) is 5.54. The van der Waals surface area contributed by atoms with E-state index in [0.717, 1.165) is 30.5 Å². The number of nitrogens with two attached hydrogens (primary N) is 1. The third-order valence-corrected chi connectivity index (χ3v) is 4.25. The molecule has 3 nitrogen and oxygen atoms in total. The molecule has 98 valence electrons. The molecular weight excluding hydrogens is 261 g/mol. The highest BCUT2D eigenvalue weighted by Crippen LogP contribution is 2.28. The number of thioether (sulfide) groups is 1. The van der Waals surface area contributed by atoms with Crippen molar-refractivity contribution in [2.24, 2.45) is 0 Å². The largest absolute Gasteiger partial charge is 0.383 e. The molecule has 5 heteroatoms. The molecule has 0 fully saturated rings. The smallest absolute Gasteiger partial charge is 0.141 e. The summed E-state index contributed by atoms with van der Waals surface area (Å²) in [5.41, 5.74) is 8.10. The molecule has 0 saturated carbocycles. The molecule has 0 aliphatic heterocycles. The Bertz CT molecular complexity index is 616. The van der Waals surface area contributed by atoms with Gasteiger partial charge in [-0.3, -0.25) is 0 Å². The maximum atomic E-state index is 13.5. The van der Waals surface area contributed by atoms with Gasteiger partial charge in [-0.1, -0.05) is 12.1 Å². The van der Waals surface area contributed by atoms with E-state index in [4.69, 9.17) is 5.73 Å². The Labute approximate surface area is 115 Å². The van der Waals surface area contributed by atoms with Crippen LogP contribution in [-0.2, 0) is 18.6 Å². The van der Waals surface area contributed by atoms with Crippen LogP contribution in [0.4, 0.5) is 10.2 Å². The number of aromatic nitrogens is 2. The van der Waals surface area contributed by atoms with Gasteiger partial charge in [0.2, 0.25) is 0 Å². The molecule has 19 heavy (non-hydrogen) atoms. The lowest BCUT2D eigenvalue weighted by atomic mass is 10.2. The van der Waals surface area contributed by atoms with E-state index >= 15 is 0 Å². The summed E-state index contributed by atoms with van der Waals surface area (Å²) in [7, 11) is 0. The maximum Gasteiger partial charge on any atom is 0.141 e. The van der Waals surface area contributed by atoms with Crippen molar-refractivity contribution in [1.29, 1.82) is 0 Å². The number of hydrogen-bond acceptors (Lipinski definition) is 4. The van der Waals surface area contributed by atoms with E-state index in [1.807, 2.05) is 6.07 Å². The van der Waals surface area contributed by atoms with Crippen LogP contribution < -0.4 is 5.73 Å². The minimum absolute atomic E-state index is 0.207. The first kappa shape index (κ1) is 12.4. The fourth-order valence-corrected chi connectivity index (χ4v) is 3.08. The first-order valence-corrected chi connectivity index (χ1v) is 7.24. The van der Waals surface area contributed by atoms with E-state index in [1.54, 1.807) is 12.1 Å². The van der Waals surface area contributed by atoms with Gasteiger partial charge in [0, 0.05) is 16.2 Å². The van der Waals surface area contributed by atoms with Crippen LogP contribution in [-0.4, -0.2) is 9.97 Å². The summed E-state index contributed by atoms with van der Waals surface area (Å²) in [5, 5.41) is 0. The molecular formula is C14H14FN3S. The van der Waals surface area contributed by atoms with Crippen molar-refractivity contribution in [2.45, 2.75) is 29.9 Å². The van der Waals surface area contributed by atoms with Crippen LogP contribution >= 0.6 is 11.8 Å². The van der Waals surface area contributed by atoms with Crippen molar-refractivity contribution in [3.05, 3.63) is 47.2 Å². The Balaban J connectivity index is 1.78. The highest BCUT2D eigenvalue weighted by Gasteiger charge is 2.17. The Morgan fingerprint density at radius 3 is 2.89 bits per heavy atom. The van der Waals surface area contributed by atoms with Crippen molar-refractivity contribution in [3.8, 4) is 0 Å². The van der Waals surface area contributed by atoms with Gasteiger partial charge in [-0.15, -0.1) is 11.8 Å². The highest BCUT2D eigenvalue weighted by atomic mass is 32.2. The molecule has 0 saturated heterocycles. The number of aryl methyl sites for hydroxylation is 1. The molecule has 0 amide bonds. The van der Waals surface area contributed by atoms with Gasteiger partial charge in [0.15, 0.2) is 0 Å². The van der Waals surface area contributed by atoms with Gasteiger partial charge >= 0.3 is 0 Å². The number of nitrogens with zero attached hydrogens (tertiary/aromatic N) is 2. The summed E-state index contributed by atoms with van der Waals surface area (Å²) < 4.78 is 13.5. The molecule has 0 atom stereocenters. The van der Waals surface area contributed by atoms with Crippen molar-refractivity contribution in [2.75, 3.05) is 5.73 Å². The molecule has 3 rings (SSSR count). The van der Waals surface area contributed by atoms with E-state index in [-0.39, 0.29) is 5.82 Å². The molecule has 1 aliphatic carbocycles. The summed E-state index contributed by atoms with van der Waals surface area (Å²) in [6.07, 6.45) is 3.04. The van der Waals surface area contributed by atoms with Crippen LogP contribution in [0.3, 0.4) is 0 Å². The van der Waals surface area contributed by atoms with Gasteiger partial charge < -0.3 is 5.73 Å². The summed E-state index contributed by atoms with van der Waals surface area (Å²) in [5.74, 6) is 1.61. The van der Waals surface area contributed by atoms with Gasteiger partial charge in [0.25, 0.3) is 0 Å². The Kier molecular flexibility index (Phi) is 3.38. The third kappa shape index (κ3) is 2.56. The van der Waals surface area contributed by atoms with Crippen molar-refractivity contribution >= 4 is 17.6 Å². The monoisotopic (exact) mass is 275 g/mol. The standard InChI is InChI=1S/C14H14FN3S/c15-10-5-1-2-7-12(10)19-8-13-17-11-6-3-4-9(11)14(16)18-13/h1-2,5,7H,3-4,6,8H2,(H2,16,17,18). The number of fused-ring (bicyclic) bond motifs is 1. The fourth-order valence-electron chi connectivity index (χ4n) is 2.28. The molecule has 2 N–H and O–H groups in total. The first-order valence-electron chi connectivity index (χ1n) is 6.25. The summed E-state index contributed by atoms with van der Waals surface area (Å²) in [6, 6.07) is 6.73. The summed E-state index contributed by atoms with van der Waals surface area (Å²) >= 11 is 1.40. The van der Waals surface area contributed by atoms with E-state index in [9.17, 15) is 4.39 Å². The maximum absolute atomic E-state index is 13.5. The molecule has 1 heterocycles. The predicted molar refractivity (Wildman–Crippen MR) is 74.4 cm³/mol. The minimum Gasteiger partial charge on any atom is -0.383 e. The van der Waals surface area contributed by atoms with Crippen molar-refractivity contribution in [3.63, 3.8) is 0 Å². The Hall–Kier alpha value is -1.62. The molecule has 1 aromatic heterocycles. The first-order chi connectivity index (χ1) is 9.24. The molecule has 0 bridgehead atoms. The molecule has 2 aromatic rings. The molecule has 0 radical (unpaired) electrons. The number of benzene rings is 1. The van der Waals surface area contributed by atoms with E-state index in [1.165, 1.54) is 17.8 Å². The van der Waals surface area contributed by atoms with Gasteiger partial charge in [-0.25, -0.2) is 14.4 Å². The van der Waals surface area contributed by atoms with Crippen LogP contribution in [0.2, 0.25) is 0 Å². The Morgan fingerprint density at radius 1 is 1.21 bits per heavy atom. The van der Waals surface area contributed by atoms with Crippen LogP contribution in [0.15, 0.2) is 29.2 Å². The summed E-state index contributed by atoms with van der Waals surface area (Å²) in [6.45, 7) is 0. The number of rotatable bonds is 3. The zero-order valence-corrected chi connectivity index (χ0v) is 11.2. The predicted octanol–water partition coefficient (Wildman–Crippen LogP) is 2.98. The van der Waals surface area contributed by atoms with Crippen LogP contribution in [0.5, 0.6) is 0 Å². The molecule has 1 aliphatic rings. The second kappa shape index (κ2) is 5.17. The van der Waals surface area contributed by atoms with E-state index in [2.05, 4.69) is 9.97 Å². The van der Waals surface area contributed by atoms with Crippen LogP contribution in [0.1, 0.15) is 23.5 Å². The topological polar surface area (TPSA) is 51.8 Å². The number of halogens is 1. The molecule has 0 unspecified atom stereocenters. The Morgan fingerprint density at radius 2 is 2.05 bits per heavy atom. The fraction of sp³-hybridized carbons (Fsp3) is 0.286. The lowest BCUT2D eigenvalue weighted by Gasteiger charge is -2.07. The number of nitrogen functional groups attached to an aromatic ring is 1.